The van der Waals surface area contributed by atoms with Gasteiger partial charge in [-0.05, 0) is 37.4 Å². The quantitative estimate of drug-likeness (QED) is 0.807. The van der Waals surface area contributed by atoms with Gasteiger partial charge >= 0.3 is 0 Å². The van der Waals surface area contributed by atoms with E-state index in [0.29, 0.717) is 12.0 Å². The van der Waals surface area contributed by atoms with E-state index in [1.54, 1.807) is 0 Å². The molecule has 2 aromatic heterocycles. The van der Waals surface area contributed by atoms with Crippen molar-refractivity contribution in [1.82, 2.24) is 19.7 Å². The standard InChI is InChI=1S/C17H28N4/c1-5-8-18-17(14(3)4)16-7-9-20(13-16)11-15-10-19-21(6-2)12-15/h7,9-10,12-14,17-18H,5-6,8,11H2,1-4H3. The summed E-state index contributed by atoms with van der Waals surface area (Å²) in [6.45, 7) is 11.7. The highest BCUT2D eigenvalue weighted by Gasteiger charge is 2.15. The number of aryl methyl sites for hydroxylation is 1. The van der Waals surface area contributed by atoms with E-state index in [0.717, 1.165) is 19.6 Å². The maximum absolute atomic E-state index is 4.33. The van der Waals surface area contributed by atoms with Gasteiger partial charge in [-0.2, -0.15) is 5.10 Å². The number of aromatic nitrogens is 3. The first-order chi connectivity index (χ1) is 10.1. The van der Waals surface area contributed by atoms with Gasteiger partial charge in [0.1, 0.15) is 0 Å². The van der Waals surface area contributed by atoms with Crippen LogP contribution in [0, 0.1) is 5.92 Å². The Balaban J connectivity index is 2.05. The zero-order valence-electron chi connectivity index (χ0n) is 13.7. The zero-order chi connectivity index (χ0) is 15.2. The molecule has 0 spiro atoms. The highest BCUT2D eigenvalue weighted by Crippen LogP contribution is 2.22. The van der Waals surface area contributed by atoms with E-state index >= 15 is 0 Å². The molecule has 0 aliphatic carbocycles. The number of hydrogen-bond donors (Lipinski definition) is 1. The topological polar surface area (TPSA) is 34.8 Å². The maximum atomic E-state index is 4.33. The van der Waals surface area contributed by atoms with Crippen LogP contribution < -0.4 is 5.32 Å². The van der Waals surface area contributed by atoms with E-state index in [1.807, 2.05) is 10.9 Å². The summed E-state index contributed by atoms with van der Waals surface area (Å²) in [5.74, 6) is 0.593. The molecule has 0 amide bonds. The Morgan fingerprint density at radius 2 is 2.05 bits per heavy atom. The van der Waals surface area contributed by atoms with Crippen molar-refractivity contribution < 1.29 is 0 Å². The van der Waals surface area contributed by atoms with Crippen molar-refractivity contribution in [2.24, 2.45) is 5.92 Å². The largest absolute Gasteiger partial charge is 0.349 e. The fourth-order valence-corrected chi connectivity index (χ4v) is 2.65. The fraction of sp³-hybridized carbons (Fsp3) is 0.588. The van der Waals surface area contributed by atoms with Gasteiger partial charge in [-0.3, -0.25) is 4.68 Å². The Morgan fingerprint density at radius 3 is 2.67 bits per heavy atom. The molecule has 116 valence electrons. The van der Waals surface area contributed by atoms with Crippen LogP contribution in [-0.4, -0.2) is 20.9 Å². The minimum atomic E-state index is 0.435. The number of nitrogens with one attached hydrogen (secondary N) is 1. The molecule has 2 rings (SSSR count). The van der Waals surface area contributed by atoms with Crippen molar-refractivity contribution in [3.05, 3.63) is 42.0 Å². The van der Waals surface area contributed by atoms with Crippen LogP contribution in [0.3, 0.4) is 0 Å². The Morgan fingerprint density at radius 1 is 1.24 bits per heavy atom. The zero-order valence-corrected chi connectivity index (χ0v) is 13.7. The molecule has 0 radical (unpaired) electrons. The van der Waals surface area contributed by atoms with Gasteiger partial charge in [0.25, 0.3) is 0 Å². The first-order valence-corrected chi connectivity index (χ1v) is 8.04. The van der Waals surface area contributed by atoms with Crippen molar-refractivity contribution in [2.45, 2.75) is 53.2 Å². The molecule has 1 N–H and O–H groups in total. The van der Waals surface area contributed by atoms with Gasteiger partial charge in [0, 0.05) is 36.7 Å². The average Bonchev–Trinajstić information content (AvgIpc) is 3.09. The van der Waals surface area contributed by atoms with Crippen LogP contribution in [0.4, 0.5) is 0 Å². The third kappa shape index (κ3) is 4.21. The second-order valence-corrected chi connectivity index (χ2v) is 6.00. The molecule has 4 nitrogen and oxygen atoms in total. The first-order valence-electron chi connectivity index (χ1n) is 8.04. The first kappa shape index (κ1) is 15.8. The van der Waals surface area contributed by atoms with Crippen molar-refractivity contribution in [3.63, 3.8) is 0 Å². The summed E-state index contributed by atoms with van der Waals surface area (Å²) in [7, 11) is 0. The van der Waals surface area contributed by atoms with Gasteiger partial charge in [0.05, 0.1) is 12.7 Å². The number of nitrogens with zero attached hydrogens (tertiary/aromatic N) is 3. The second-order valence-electron chi connectivity index (χ2n) is 6.00. The molecule has 0 bridgehead atoms. The Labute approximate surface area is 128 Å². The van der Waals surface area contributed by atoms with Crippen LogP contribution in [-0.2, 0) is 13.1 Å². The van der Waals surface area contributed by atoms with Gasteiger partial charge in [0.2, 0.25) is 0 Å². The molecular formula is C17H28N4. The maximum Gasteiger partial charge on any atom is 0.0539 e. The molecule has 2 heterocycles. The summed E-state index contributed by atoms with van der Waals surface area (Å²) in [6.07, 6.45) is 9.67. The molecule has 0 saturated carbocycles. The van der Waals surface area contributed by atoms with Crippen LogP contribution in [0.15, 0.2) is 30.9 Å². The van der Waals surface area contributed by atoms with Gasteiger partial charge in [-0.15, -0.1) is 0 Å². The summed E-state index contributed by atoms with van der Waals surface area (Å²) in [6, 6.07) is 2.67. The Kier molecular flexibility index (Phi) is 5.62. The fourth-order valence-electron chi connectivity index (χ4n) is 2.65. The van der Waals surface area contributed by atoms with E-state index in [2.05, 4.69) is 67.3 Å². The lowest BCUT2D eigenvalue weighted by atomic mass is 9.98. The average molecular weight is 288 g/mol. The summed E-state index contributed by atoms with van der Waals surface area (Å²) >= 11 is 0. The molecule has 0 aliphatic rings. The van der Waals surface area contributed by atoms with Crippen LogP contribution in [0.2, 0.25) is 0 Å². The van der Waals surface area contributed by atoms with Crippen LogP contribution in [0.1, 0.15) is 51.3 Å². The lowest BCUT2D eigenvalue weighted by Crippen LogP contribution is -2.26. The van der Waals surface area contributed by atoms with Crippen LogP contribution in [0.25, 0.3) is 0 Å². The lowest BCUT2D eigenvalue weighted by molar-refractivity contribution is 0.412. The summed E-state index contributed by atoms with van der Waals surface area (Å²) in [4.78, 5) is 0. The normalized spacial score (nSPS) is 13.0. The molecule has 1 unspecified atom stereocenters. The molecule has 2 aromatic rings. The molecule has 0 fully saturated rings. The molecule has 0 aliphatic heterocycles. The third-order valence-corrected chi connectivity index (χ3v) is 3.79. The predicted octanol–water partition coefficient (Wildman–Crippen LogP) is 3.45. The van der Waals surface area contributed by atoms with E-state index in [4.69, 9.17) is 0 Å². The van der Waals surface area contributed by atoms with Crippen molar-refractivity contribution >= 4 is 0 Å². The molecule has 0 aromatic carbocycles. The second kappa shape index (κ2) is 7.46. The smallest absolute Gasteiger partial charge is 0.0539 e. The van der Waals surface area contributed by atoms with E-state index in [-0.39, 0.29) is 0 Å². The Bertz CT molecular complexity index is 538. The molecular weight excluding hydrogens is 260 g/mol. The van der Waals surface area contributed by atoms with Gasteiger partial charge in [-0.1, -0.05) is 20.8 Å². The highest BCUT2D eigenvalue weighted by molar-refractivity contribution is 5.18. The van der Waals surface area contributed by atoms with Crippen molar-refractivity contribution in [3.8, 4) is 0 Å². The molecule has 21 heavy (non-hydrogen) atoms. The Hall–Kier alpha value is -1.55. The summed E-state index contributed by atoms with van der Waals surface area (Å²) < 4.78 is 4.22. The minimum Gasteiger partial charge on any atom is -0.349 e. The van der Waals surface area contributed by atoms with Gasteiger partial charge in [0.15, 0.2) is 0 Å². The summed E-state index contributed by atoms with van der Waals surface area (Å²) in [5.41, 5.74) is 2.63. The minimum absolute atomic E-state index is 0.435. The SMILES string of the molecule is CCCNC(c1ccn(Cc2cnn(CC)c2)c1)C(C)C. The van der Waals surface area contributed by atoms with Crippen LogP contribution in [0.5, 0.6) is 0 Å². The molecule has 0 saturated heterocycles. The van der Waals surface area contributed by atoms with Gasteiger partial charge < -0.3 is 9.88 Å². The van der Waals surface area contributed by atoms with Crippen molar-refractivity contribution in [2.75, 3.05) is 6.54 Å². The van der Waals surface area contributed by atoms with Gasteiger partial charge in [-0.25, -0.2) is 0 Å². The number of rotatable bonds is 8. The monoisotopic (exact) mass is 288 g/mol. The van der Waals surface area contributed by atoms with Crippen molar-refractivity contribution in [1.29, 1.82) is 0 Å². The number of hydrogen-bond acceptors (Lipinski definition) is 2. The van der Waals surface area contributed by atoms with E-state index in [9.17, 15) is 0 Å². The van der Waals surface area contributed by atoms with E-state index in [1.165, 1.54) is 17.5 Å². The summed E-state index contributed by atoms with van der Waals surface area (Å²) in [5, 5.41) is 7.98. The molecule has 4 heteroatoms. The predicted molar refractivity (Wildman–Crippen MR) is 87.3 cm³/mol. The van der Waals surface area contributed by atoms with E-state index < -0.39 is 0 Å². The molecule has 1 atom stereocenters. The highest BCUT2D eigenvalue weighted by atomic mass is 15.3. The van der Waals surface area contributed by atoms with Crippen LogP contribution >= 0.6 is 0 Å². The third-order valence-electron chi connectivity index (χ3n) is 3.79. The lowest BCUT2D eigenvalue weighted by Gasteiger charge is -2.21.